The zero-order valence-corrected chi connectivity index (χ0v) is 16.7. The highest BCUT2D eigenvalue weighted by atomic mass is 32.1. The second kappa shape index (κ2) is 9.45. The second-order valence-corrected chi connectivity index (χ2v) is 7.17. The average Bonchev–Trinajstić information content (AvgIpc) is 3.15. The molecule has 1 fully saturated rings. The Balaban J connectivity index is 1.48. The van der Waals surface area contributed by atoms with Crippen LogP contribution in [-0.2, 0) is 20.7 Å². The van der Waals surface area contributed by atoms with Crippen LogP contribution >= 0.6 is 11.3 Å². The first-order valence-corrected chi connectivity index (χ1v) is 10.0. The van der Waals surface area contributed by atoms with Crippen LogP contribution in [0.3, 0.4) is 0 Å². The van der Waals surface area contributed by atoms with E-state index in [4.69, 9.17) is 9.47 Å². The van der Waals surface area contributed by atoms with Gasteiger partial charge in [-0.3, -0.25) is 9.59 Å². The summed E-state index contributed by atoms with van der Waals surface area (Å²) in [7, 11) is 1.55. The smallest absolute Gasteiger partial charge is 0.311 e. The van der Waals surface area contributed by atoms with Gasteiger partial charge < -0.3 is 19.7 Å². The largest absolute Gasteiger partial charge is 0.480 e. The van der Waals surface area contributed by atoms with Gasteiger partial charge in [0.25, 0.3) is 0 Å². The van der Waals surface area contributed by atoms with Gasteiger partial charge >= 0.3 is 5.97 Å². The van der Waals surface area contributed by atoms with Crippen molar-refractivity contribution in [2.24, 2.45) is 5.92 Å². The second-order valence-electron chi connectivity index (χ2n) is 6.31. The Kier molecular flexibility index (Phi) is 6.75. The molecule has 9 nitrogen and oxygen atoms in total. The van der Waals surface area contributed by atoms with Gasteiger partial charge in [-0.05, 0) is 25.8 Å². The van der Waals surface area contributed by atoms with E-state index >= 15 is 0 Å². The first-order valence-electron chi connectivity index (χ1n) is 9.12. The number of methoxy groups -OCH3 is 1. The maximum atomic E-state index is 12.5. The molecule has 3 rings (SSSR count). The number of anilines is 2. The Hall–Kier alpha value is -2.75. The number of esters is 1. The zero-order valence-electron chi connectivity index (χ0n) is 15.9. The molecule has 0 bridgehead atoms. The fourth-order valence-corrected chi connectivity index (χ4v) is 3.69. The number of nitrogens with one attached hydrogen (secondary N) is 1. The molecular weight excluding hydrogens is 382 g/mol. The number of thiazole rings is 1. The van der Waals surface area contributed by atoms with Gasteiger partial charge in [0.15, 0.2) is 10.9 Å². The number of aromatic nitrogens is 3. The molecule has 0 saturated carbocycles. The molecule has 1 aliphatic heterocycles. The lowest BCUT2D eigenvalue weighted by Gasteiger charge is -2.31. The van der Waals surface area contributed by atoms with E-state index < -0.39 is 0 Å². The van der Waals surface area contributed by atoms with Crippen LogP contribution in [0, 0.1) is 5.92 Å². The van der Waals surface area contributed by atoms with Crippen LogP contribution in [0.4, 0.5) is 10.9 Å². The number of nitrogens with zero attached hydrogens (tertiary/aromatic N) is 4. The summed E-state index contributed by atoms with van der Waals surface area (Å²) in [5.74, 6) is 0.809. The van der Waals surface area contributed by atoms with Gasteiger partial charge in [-0.1, -0.05) is 0 Å². The predicted octanol–water partition coefficient (Wildman–Crippen LogP) is 1.90. The van der Waals surface area contributed by atoms with Crippen molar-refractivity contribution in [3.8, 4) is 5.88 Å². The number of carbonyl (C=O) groups excluding carboxylic acids is 2. The Labute approximate surface area is 167 Å². The normalized spacial score (nSPS) is 14.6. The monoisotopic (exact) mass is 405 g/mol. The number of piperidine rings is 1. The lowest BCUT2D eigenvalue weighted by molar-refractivity contribution is -0.142. The van der Waals surface area contributed by atoms with Gasteiger partial charge in [0.1, 0.15) is 0 Å². The number of ether oxygens (including phenoxy) is 2. The SMILES string of the molecule is CCOC(=O)Cc1csc(NC(=O)C2CCN(c3ccc(OC)nn3)CC2)n1. The third-order valence-corrected chi connectivity index (χ3v) is 5.24. The summed E-state index contributed by atoms with van der Waals surface area (Å²) < 4.78 is 9.93. The lowest BCUT2D eigenvalue weighted by Crippen LogP contribution is -2.38. The van der Waals surface area contributed by atoms with Crippen LogP contribution < -0.4 is 15.0 Å². The minimum absolute atomic E-state index is 0.0440. The zero-order chi connectivity index (χ0) is 19.9. The van der Waals surface area contributed by atoms with Crippen LogP contribution in [0.5, 0.6) is 5.88 Å². The molecule has 2 aromatic rings. The third-order valence-electron chi connectivity index (χ3n) is 4.44. The van der Waals surface area contributed by atoms with Gasteiger partial charge in [-0.25, -0.2) is 4.98 Å². The molecular formula is C18H23N5O4S. The van der Waals surface area contributed by atoms with Gasteiger partial charge in [-0.15, -0.1) is 21.5 Å². The summed E-state index contributed by atoms with van der Waals surface area (Å²) in [5, 5.41) is 13.3. The van der Waals surface area contributed by atoms with E-state index in [-0.39, 0.29) is 24.2 Å². The predicted molar refractivity (Wildman–Crippen MR) is 105 cm³/mol. The van der Waals surface area contributed by atoms with Crippen molar-refractivity contribution in [3.63, 3.8) is 0 Å². The third kappa shape index (κ3) is 5.16. The minimum Gasteiger partial charge on any atom is -0.480 e. The van der Waals surface area contributed by atoms with Crippen LogP contribution in [-0.4, -0.2) is 53.9 Å². The van der Waals surface area contributed by atoms with Crippen molar-refractivity contribution >= 4 is 34.2 Å². The highest BCUT2D eigenvalue weighted by Gasteiger charge is 2.26. The van der Waals surface area contributed by atoms with Gasteiger partial charge in [-0.2, -0.15) is 0 Å². The molecule has 0 aromatic carbocycles. The first-order chi connectivity index (χ1) is 13.6. The molecule has 2 aromatic heterocycles. The van der Waals surface area contributed by atoms with E-state index in [1.165, 1.54) is 11.3 Å². The minimum atomic E-state index is -0.320. The number of amides is 1. The molecule has 0 radical (unpaired) electrons. The van der Waals surface area contributed by atoms with Gasteiger partial charge in [0.05, 0.1) is 25.8 Å². The molecule has 1 amide bonds. The molecule has 0 aliphatic carbocycles. The van der Waals surface area contributed by atoms with Crippen molar-refractivity contribution in [2.75, 3.05) is 37.0 Å². The van der Waals surface area contributed by atoms with Crippen molar-refractivity contribution in [1.82, 2.24) is 15.2 Å². The van der Waals surface area contributed by atoms with Crippen molar-refractivity contribution in [1.29, 1.82) is 0 Å². The number of rotatable bonds is 7. The topological polar surface area (TPSA) is 107 Å². The summed E-state index contributed by atoms with van der Waals surface area (Å²) in [4.78, 5) is 30.4. The van der Waals surface area contributed by atoms with Crippen molar-refractivity contribution < 1.29 is 19.1 Å². The summed E-state index contributed by atoms with van der Waals surface area (Å²) in [6.07, 6.45) is 1.56. The fourth-order valence-electron chi connectivity index (χ4n) is 2.97. The molecule has 0 unspecified atom stereocenters. The molecule has 150 valence electrons. The van der Waals surface area contributed by atoms with Crippen LogP contribution in [0.1, 0.15) is 25.5 Å². The Bertz CT molecular complexity index is 803. The molecule has 0 spiro atoms. The van der Waals surface area contributed by atoms with E-state index in [9.17, 15) is 9.59 Å². The molecule has 0 atom stereocenters. The molecule has 1 N–H and O–H groups in total. The van der Waals surface area contributed by atoms with E-state index in [0.717, 1.165) is 31.7 Å². The van der Waals surface area contributed by atoms with Crippen molar-refractivity contribution in [2.45, 2.75) is 26.2 Å². The summed E-state index contributed by atoms with van der Waals surface area (Å²) >= 11 is 1.31. The average molecular weight is 405 g/mol. The lowest BCUT2D eigenvalue weighted by atomic mass is 9.96. The summed E-state index contributed by atoms with van der Waals surface area (Å²) in [5.41, 5.74) is 0.603. The molecule has 28 heavy (non-hydrogen) atoms. The first kappa shape index (κ1) is 20.0. The van der Waals surface area contributed by atoms with E-state index in [2.05, 4.69) is 25.4 Å². The van der Waals surface area contributed by atoms with Gasteiger partial charge in [0.2, 0.25) is 11.8 Å². The Morgan fingerprint density at radius 2 is 2.07 bits per heavy atom. The number of carbonyl (C=O) groups is 2. The van der Waals surface area contributed by atoms with E-state index in [1.54, 1.807) is 25.5 Å². The van der Waals surface area contributed by atoms with Crippen LogP contribution in [0.25, 0.3) is 0 Å². The highest BCUT2D eigenvalue weighted by molar-refractivity contribution is 7.13. The highest BCUT2D eigenvalue weighted by Crippen LogP contribution is 2.24. The molecule has 1 aliphatic rings. The quantitative estimate of drug-likeness (QED) is 0.696. The van der Waals surface area contributed by atoms with Gasteiger partial charge in [0, 0.05) is 30.5 Å². The van der Waals surface area contributed by atoms with Crippen LogP contribution in [0.2, 0.25) is 0 Å². The maximum absolute atomic E-state index is 12.5. The Morgan fingerprint density at radius 3 is 2.71 bits per heavy atom. The maximum Gasteiger partial charge on any atom is 0.311 e. The van der Waals surface area contributed by atoms with Crippen LogP contribution in [0.15, 0.2) is 17.5 Å². The van der Waals surface area contributed by atoms with Crippen molar-refractivity contribution in [3.05, 3.63) is 23.2 Å². The number of hydrogen-bond donors (Lipinski definition) is 1. The summed E-state index contributed by atoms with van der Waals surface area (Å²) in [6, 6.07) is 3.64. The van der Waals surface area contributed by atoms with E-state index in [0.29, 0.717) is 23.3 Å². The summed E-state index contributed by atoms with van der Waals surface area (Å²) in [6.45, 7) is 3.56. The van der Waals surface area contributed by atoms with E-state index in [1.807, 2.05) is 6.07 Å². The fraction of sp³-hybridized carbons (Fsp3) is 0.500. The molecule has 3 heterocycles. The Morgan fingerprint density at radius 1 is 1.29 bits per heavy atom. The molecule has 10 heteroatoms. The number of hydrogen-bond acceptors (Lipinski definition) is 9. The molecule has 1 saturated heterocycles. The standard InChI is InChI=1S/C18H23N5O4S/c1-3-27-16(24)10-13-11-28-18(19-13)20-17(25)12-6-8-23(9-7-12)14-4-5-15(26-2)22-21-14/h4-5,11-12H,3,6-10H2,1-2H3,(H,19,20,25).